The van der Waals surface area contributed by atoms with Gasteiger partial charge in [0.05, 0.1) is 12.7 Å². The third kappa shape index (κ3) is 2.98. The average molecular weight is 344 g/mol. The highest BCUT2D eigenvalue weighted by molar-refractivity contribution is 9.10. The topological polar surface area (TPSA) is 9.23 Å². The van der Waals surface area contributed by atoms with Crippen molar-refractivity contribution in [3.8, 4) is 16.9 Å². The summed E-state index contributed by atoms with van der Waals surface area (Å²) >= 11 is 3.35. The van der Waals surface area contributed by atoms with Gasteiger partial charge >= 0.3 is 6.18 Å². The molecule has 0 fully saturated rings. The molecule has 0 amide bonds. The van der Waals surface area contributed by atoms with Crippen molar-refractivity contribution in [1.29, 1.82) is 0 Å². The SMILES string of the molecule is COc1[c]cc(C(F)(F)F)cc1-c1cc(C)ccc1Br. The normalized spacial score (nSPS) is 11.5. The van der Waals surface area contributed by atoms with Crippen LogP contribution < -0.4 is 4.74 Å². The summed E-state index contributed by atoms with van der Waals surface area (Å²) < 4.78 is 44.3. The predicted molar refractivity (Wildman–Crippen MR) is 74.7 cm³/mol. The highest BCUT2D eigenvalue weighted by Gasteiger charge is 2.31. The molecule has 0 aliphatic heterocycles. The van der Waals surface area contributed by atoms with Crippen LogP contribution in [0.1, 0.15) is 11.1 Å². The lowest BCUT2D eigenvalue weighted by atomic mass is 10.00. The Morgan fingerprint density at radius 3 is 2.45 bits per heavy atom. The van der Waals surface area contributed by atoms with Crippen molar-refractivity contribution in [3.63, 3.8) is 0 Å². The van der Waals surface area contributed by atoms with Crippen LogP contribution in [-0.4, -0.2) is 7.11 Å². The maximum atomic E-state index is 12.8. The fourth-order valence-electron chi connectivity index (χ4n) is 1.86. The van der Waals surface area contributed by atoms with Crippen molar-refractivity contribution in [2.75, 3.05) is 7.11 Å². The van der Waals surface area contributed by atoms with Gasteiger partial charge in [0.15, 0.2) is 0 Å². The van der Waals surface area contributed by atoms with Crippen molar-refractivity contribution in [2.24, 2.45) is 0 Å². The number of rotatable bonds is 2. The number of hydrogen-bond acceptors (Lipinski definition) is 1. The smallest absolute Gasteiger partial charge is 0.416 e. The Bertz CT molecular complexity index is 636. The number of halogens is 4. The summed E-state index contributed by atoms with van der Waals surface area (Å²) in [5.41, 5.74) is 1.20. The van der Waals surface area contributed by atoms with Gasteiger partial charge < -0.3 is 4.74 Å². The van der Waals surface area contributed by atoms with Crippen LogP contribution in [0.4, 0.5) is 13.2 Å². The van der Waals surface area contributed by atoms with E-state index in [1.54, 1.807) is 12.1 Å². The van der Waals surface area contributed by atoms with E-state index >= 15 is 0 Å². The van der Waals surface area contributed by atoms with Crippen LogP contribution in [0.5, 0.6) is 5.75 Å². The molecule has 0 N–H and O–H groups in total. The quantitative estimate of drug-likeness (QED) is 0.723. The summed E-state index contributed by atoms with van der Waals surface area (Å²) in [5, 5.41) is 0. The third-order valence-electron chi connectivity index (χ3n) is 2.85. The lowest BCUT2D eigenvalue weighted by molar-refractivity contribution is -0.137. The molecule has 1 radical (unpaired) electrons. The van der Waals surface area contributed by atoms with Gasteiger partial charge in [-0.2, -0.15) is 13.2 Å². The van der Waals surface area contributed by atoms with Crippen LogP contribution in [0.3, 0.4) is 0 Å². The molecular weight excluding hydrogens is 333 g/mol. The van der Waals surface area contributed by atoms with Gasteiger partial charge in [0.1, 0.15) is 5.75 Å². The Hall–Kier alpha value is -1.49. The minimum atomic E-state index is -4.41. The van der Waals surface area contributed by atoms with Gasteiger partial charge in [-0.25, -0.2) is 0 Å². The Kier molecular flexibility index (Phi) is 4.09. The fraction of sp³-hybridized carbons (Fsp3) is 0.200. The molecule has 20 heavy (non-hydrogen) atoms. The van der Waals surface area contributed by atoms with Crippen LogP contribution in [0, 0.1) is 13.0 Å². The van der Waals surface area contributed by atoms with Gasteiger partial charge in [-0.05, 0) is 30.7 Å². The molecule has 2 aromatic rings. The van der Waals surface area contributed by atoms with Crippen molar-refractivity contribution in [2.45, 2.75) is 13.1 Å². The Balaban J connectivity index is 2.67. The molecule has 0 heterocycles. The van der Waals surface area contributed by atoms with E-state index in [1.165, 1.54) is 7.11 Å². The molecule has 0 spiro atoms. The van der Waals surface area contributed by atoms with Gasteiger partial charge in [0, 0.05) is 16.1 Å². The number of alkyl halides is 3. The summed E-state index contributed by atoms with van der Waals surface area (Å²) in [4.78, 5) is 0. The largest absolute Gasteiger partial charge is 0.495 e. The monoisotopic (exact) mass is 343 g/mol. The summed E-state index contributed by atoms with van der Waals surface area (Å²) in [7, 11) is 1.41. The van der Waals surface area contributed by atoms with Crippen LogP contribution >= 0.6 is 15.9 Å². The van der Waals surface area contributed by atoms with E-state index < -0.39 is 11.7 Å². The number of hydrogen-bond donors (Lipinski definition) is 0. The predicted octanol–water partition coefficient (Wildman–Crippen LogP) is 5.25. The molecule has 1 nitrogen and oxygen atoms in total. The van der Waals surface area contributed by atoms with E-state index in [0.717, 1.165) is 17.7 Å². The van der Waals surface area contributed by atoms with E-state index in [9.17, 15) is 13.2 Å². The van der Waals surface area contributed by atoms with E-state index in [0.29, 0.717) is 15.6 Å². The summed E-state index contributed by atoms with van der Waals surface area (Å²) in [5.74, 6) is 0.282. The van der Waals surface area contributed by atoms with Gasteiger partial charge in [0.2, 0.25) is 0 Å². The first-order chi connectivity index (χ1) is 9.32. The second-order valence-electron chi connectivity index (χ2n) is 4.32. The highest BCUT2D eigenvalue weighted by Crippen LogP contribution is 2.39. The van der Waals surface area contributed by atoms with Gasteiger partial charge in [-0.1, -0.05) is 33.6 Å². The Labute approximate surface area is 123 Å². The Morgan fingerprint density at radius 1 is 1.15 bits per heavy atom. The third-order valence-corrected chi connectivity index (χ3v) is 3.54. The number of ether oxygens (including phenoxy) is 1. The van der Waals surface area contributed by atoms with Crippen molar-refractivity contribution in [3.05, 3.63) is 52.0 Å². The van der Waals surface area contributed by atoms with Crippen molar-refractivity contribution >= 4 is 15.9 Å². The fourth-order valence-corrected chi connectivity index (χ4v) is 2.32. The highest BCUT2D eigenvalue weighted by atomic mass is 79.9. The minimum absolute atomic E-state index is 0.282. The van der Waals surface area contributed by atoms with Crippen molar-refractivity contribution < 1.29 is 17.9 Å². The molecule has 0 unspecified atom stereocenters. The molecule has 0 bridgehead atoms. The lowest BCUT2D eigenvalue weighted by Gasteiger charge is -2.14. The maximum Gasteiger partial charge on any atom is 0.416 e. The minimum Gasteiger partial charge on any atom is -0.495 e. The van der Waals surface area contributed by atoms with Crippen molar-refractivity contribution in [1.82, 2.24) is 0 Å². The molecular formula is C15H11BrF3O. The molecule has 0 atom stereocenters. The molecule has 0 saturated carbocycles. The first kappa shape index (κ1) is 14.9. The van der Waals surface area contributed by atoms with E-state index in [2.05, 4.69) is 22.0 Å². The van der Waals surface area contributed by atoms with Gasteiger partial charge in [-0.3, -0.25) is 0 Å². The zero-order chi connectivity index (χ0) is 14.9. The van der Waals surface area contributed by atoms with E-state index in [4.69, 9.17) is 4.74 Å². The standard InChI is InChI=1S/C15H11BrF3O/c1-9-3-5-13(16)11(7-9)12-8-10(15(17,18)19)4-6-14(12)20-2/h3-5,7-8H,1-2H3. The lowest BCUT2D eigenvalue weighted by Crippen LogP contribution is -2.05. The maximum absolute atomic E-state index is 12.8. The van der Waals surface area contributed by atoms with Gasteiger partial charge in [-0.15, -0.1) is 0 Å². The summed E-state index contributed by atoms with van der Waals surface area (Å²) in [6.45, 7) is 1.87. The molecule has 2 rings (SSSR count). The molecule has 0 saturated heterocycles. The van der Waals surface area contributed by atoms with Gasteiger partial charge in [0.25, 0.3) is 0 Å². The molecule has 2 aromatic carbocycles. The van der Waals surface area contributed by atoms with Crippen LogP contribution in [0.2, 0.25) is 0 Å². The first-order valence-electron chi connectivity index (χ1n) is 5.76. The zero-order valence-corrected chi connectivity index (χ0v) is 12.4. The number of aryl methyl sites for hydroxylation is 1. The average Bonchev–Trinajstić information content (AvgIpc) is 2.40. The molecule has 0 aliphatic rings. The second-order valence-corrected chi connectivity index (χ2v) is 5.17. The number of methoxy groups -OCH3 is 1. The zero-order valence-electron chi connectivity index (χ0n) is 10.8. The molecule has 105 valence electrons. The summed E-state index contributed by atoms with van der Waals surface area (Å²) in [6, 6.07) is 9.99. The first-order valence-corrected chi connectivity index (χ1v) is 6.55. The van der Waals surface area contributed by atoms with E-state index in [-0.39, 0.29) is 5.75 Å². The van der Waals surface area contributed by atoms with E-state index in [1.807, 2.05) is 13.0 Å². The van der Waals surface area contributed by atoms with Crippen LogP contribution in [0.25, 0.3) is 11.1 Å². The molecule has 0 aliphatic carbocycles. The van der Waals surface area contributed by atoms with Crippen LogP contribution in [0.15, 0.2) is 34.8 Å². The number of benzene rings is 2. The Morgan fingerprint density at radius 2 is 1.85 bits per heavy atom. The van der Waals surface area contributed by atoms with Crippen LogP contribution in [-0.2, 0) is 6.18 Å². The second kappa shape index (κ2) is 5.48. The molecule has 5 heteroatoms. The molecule has 0 aromatic heterocycles. The summed E-state index contributed by atoms with van der Waals surface area (Å²) in [6.07, 6.45) is -4.41.